The summed E-state index contributed by atoms with van der Waals surface area (Å²) in [6, 6.07) is 7.56. The van der Waals surface area contributed by atoms with Crippen LogP contribution in [0.3, 0.4) is 0 Å². The van der Waals surface area contributed by atoms with Crippen LogP contribution in [0.1, 0.15) is 35.1 Å². The third kappa shape index (κ3) is 4.51. The first-order valence-electron chi connectivity index (χ1n) is 9.06. The van der Waals surface area contributed by atoms with Gasteiger partial charge in [-0.3, -0.25) is 19.6 Å². The summed E-state index contributed by atoms with van der Waals surface area (Å²) in [5, 5.41) is 12.5. The third-order valence-electron chi connectivity index (χ3n) is 4.66. The minimum absolute atomic E-state index is 0.110. The number of aromatic nitrogens is 2. The van der Waals surface area contributed by atoms with Crippen LogP contribution in [0.25, 0.3) is 0 Å². The van der Waals surface area contributed by atoms with Crippen LogP contribution in [0.5, 0.6) is 0 Å². The summed E-state index contributed by atoms with van der Waals surface area (Å²) in [7, 11) is 0. The molecule has 1 aliphatic heterocycles. The van der Waals surface area contributed by atoms with Crippen LogP contribution in [-0.2, 0) is 11.3 Å². The molecule has 3 N–H and O–H groups in total. The van der Waals surface area contributed by atoms with Gasteiger partial charge in [-0.1, -0.05) is 18.2 Å². The molecule has 1 saturated heterocycles. The fourth-order valence-electron chi connectivity index (χ4n) is 3.39. The van der Waals surface area contributed by atoms with Crippen molar-refractivity contribution in [1.82, 2.24) is 25.7 Å². The average Bonchev–Trinajstić information content (AvgIpc) is 3.23. The summed E-state index contributed by atoms with van der Waals surface area (Å²) in [6.45, 7) is 4.97. The fourth-order valence-corrected chi connectivity index (χ4v) is 3.39. The molecule has 27 heavy (non-hydrogen) atoms. The van der Waals surface area contributed by atoms with E-state index in [1.807, 2.05) is 18.7 Å². The molecule has 1 fully saturated rings. The number of likely N-dealkylation sites (tertiary alicyclic amines) is 1. The van der Waals surface area contributed by atoms with Gasteiger partial charge in [0.2, 0.25) is 5.91 Å². The molecule has 144 valence electrons. The van der Waals surface area contributed by atoms with Gasteiger partial charge in [0.05, 0.1) is 6.04 Å². The number of nitrogens with zero attached hydrogens (tertiary/aromatic N) is 2. The zero-order valence-electron chi connectivity index (χ0n) is 15.5. The topological polar surface area (TPSA) is 90.1 Å². The van der Waals surface area contributed by atoms with Crippen molar-refractivity contribution in [3.05, 3.63) is 53.1 Å². The van der Waals surface area contributed by atoms with E-state index >= 15 is 0 Å². The lowest BCUT2D eigenvalue weighted by molar-refractivity contribution is -0.125. The van der Waals surface area contributed by atoms with Gasteiger partial charge in [0.15, 0.2) is 0 Å². The Bertz CT molecular complexity index is 822. The molecule has 2 aromatic rings. The van der Waals surface area contributed by atoms with Gasteiger partial charge in [0.25, 0.3) is 5.91 Å². The summed E-state index contributed by atoms with van der Waals surface area (Å²) in [4.78, 5) is 26.7. The van der Waals surface area contributed by atoms with E-state index in [2.05, 4.69) is 20.8 Å². The highest BCUT2D eigenvalue weighted by molar-refractivity contribution is 5.92. The maximum Gasteiger partial charge on any atom is 0.272 e. The number of nitrogens with one attached hydrogen (secondary N) is 3. The van der Waals surface area contributed by atoms with Crippen molar-refractivity contribution in [2.24, 2.45) is 0 Å². The van der Waals surface area contributed by atoms with Gasteiger partial charge >= 0.3 is 0 Å². The number of carbonyl (C=O) groups is 2. The number of hydrogen-bond acceptors (Lipinski definition) is 4. The van der Waals surface area contributed by atoms with Crippen molar-refractivity contribution < 1.29 is 14.0 Å². The van der Waals surface area contributed by atoms with E-state index in [-0.39, 0.29) is 23.7 Å². The van der Waals surface area contributed by atoms with Crippen molar-refractivity contribution in [3.63, 3.8) is 0 Å². The van der Waals surface area contributed by atoms with Gasteiger partial charge < -0.3 is 10.6 Å². The minimum Gasteiger partial charge on any atom is -0.355 e. The molecule has 0 spiro atoms. The molecule has 1 aliphatic rings. The summed E-state index contributed by atoms with van der Waals surface area (Å²) in [5.74, 6) is -0.695. The Labute approximate surface area is 157 Å². The lowest BCUT2D eigenvalue weighted by Gasteiger charge is -2.23. The van der Waals surface area contributed by atoms with E-state index in [0.29, 0.717) is 37.3 Å². The van der Waals surface area contributed by atoms with Crippen LogP contribution in [0.2, 0.25) is 0 Å². The Kier molecular flexibility index (Phi) is 5.85. The maximum absolute atomic E-state index is 14.0. The number of carbonyl (C=O) groups excluding carboxylic acids is 2. The standard InChI is InChI=1S/C19H24FN5O2/c1-3-21-19(27)17-9-14(22-18(26)16-8-12(2)23-24-16)11-25(17)10-13-6-4-5-7-15(13)20/h4-8,14,17H,3,9-11H2,1-2H3,(H,21,27)(H,22,26)(H,23,24)/t14-,17-/m0/s1. The van der Waals surface area contributed by atoms with Crippen molar-refractivity contribution in [1.29, 1.82) is 0 Å². The Morgan fingerprint density at radius 3 is 2.81 bits per heavy atom. The van der Waals surface area contributed by atoms with Gasteiger partial charge in [-0.05, 0) is 32.4 Å². The van der Waals surface area contributed by atoms with Crippen LogP contribution in [0.4, 0.5) is 4.39 Å². The van der Waals surface area contributed by atoms with Crippen LogP contribution >= 0.6 is 0 Å². The van der Waals surface area contributed by atoms with E-state index in [1.165, 1.54) is 6.07 Å². The van der Waals surface area contributed by atoms with Crippen LogP contribution < -0.4 is 10.6 Å². The smallest absolute Gasteiger partial charge is 0.272 e. The second kappa shape index (κ2) is 8.30. The highest BCUT2D eigenvalue weighted by atomic mass is 19.1. The number of amides is 2. The summed E-state index contributed by atoms with van der Waals surface area (Å²) in [5.41, 5.74) is 1.64. The number of aromatic amines is 1. The van der Waals surface area contributed by atoms with E-state index in [9.17, 15) is 14.0 Å². The van der Waals surface area contributed by atoms with Gasteiger partial charge in [0, 0.05) is 36.9 Å². The van der Waals surface area contributed by atoms with Crippen molar-refractivity contribution in [2.45, 2.75) is 38.9 Å². The highest BCUT2D eigenvalue weighted by Crippen LogP contribution is 2.22. The van der Waals surface area contributed by atoms with Crippen molar-refractivity contribution in [2.75, 3.05) is 13.1 Å². The normalized spacial score (nSPS) is 19.8. The molecule has 2 atom stereocenters. The van der Waals surface area contributed by atoms with E-state index in [0.717, 1.165) is 5.69 Å². The van der Waals surface area contributed by atoms with E-state index in [4.69, 9.17) is 0 Å². The summed E-state index contributed by atoms with van der Waals surface area (Å²) in [6.07, 6.45) is 0.468. The number of hydrogen-bond donors (Lipinski definition) is 3. The molecule has 8 heteroatoms. The molecule has 7 nitrogen and oxygen atoms in total. The Hall–Kier alpha value is -2.74. The molecule has 0 saturated carbocycles. The predicted molar refractivity (Wildman–Crippen MR) is 98.5 cm³/mol. The lowest BCUT2D eigenvalue weighted by Crippen LogP contribution is -2.42. The quantitative estimate of drug-likeness (QED) is 0.713. The van der Waals surface area contributed by atoms with Crippen LogP contribution in [0, 0.1) is 12.7 Å². The predicted octanol–water partition coefficient (Wildman–Crippen LogP) is 1.37. The van der Waals surface area contributed by atoms with Crippen molar-refractivity contribution in [3.8, 4) is 0 Å². The second-order valence-corrected chi connectivity index (χ2v) is 6.77. The number of aryl methyl sites for hydroxylation is 1. The number of halogens is 1. The average molecular weight is 373 g/mol. The fraction of sp³-hybridized carbons (Fsp3) is 0.421. The first-order valence-corrected chi connectivity index (χ1v) is 9.06. The third-order valence-corrected chi connectivity index (χ3v) is 4.66. The van der Waals surface area contributed by atoms with Gasteiger partial charge in [-0.2, -0.15) is 5.10 Å². The summed E-state index contributed by atoms with van der Waals surface area (Å²) < 4.78 is 14.0. The van der Waals surface area contributed by atoms with Crippen LogP contribution in [-0.4, -0.2) is 52.1 Å². The Morgan fingerprint density at radius 1 is 1.37 bits per heavy atom. The molecule has 0 aliphatic carbocycles. The van der Waals surface area contributed by atoms with Gasteiger partial charge in [-0.15, -0.1) is 0 Å². The number of rotatable bonds is 6. The first kappa shape index (κ1) is 19.0. The molecule has 1 aromatic carbocycles. The van der Waals surface area contributed by atoms with E-state index < -0.39 is 6.04 Å². The largest absolute Gasteiger partial charge is 0.355 e. The lowest BCUT2D eigenvalue weighted by atomic mass is 10.1. The highest BCUT2D eigenvalue weighted by Gasteiger charge is 2.37. The molecule has 2 heterocycles. The molecular formula is C19H24FN5O2. The zero-order chi connectivity index (χ0) is 19.4. The monoisotopic (exact) mass is 373 g/mol. The Morgan fingerprint density at radius 2 is 2.15 bits per heavy atom. The van der Waals surface area contributed by atoms with Gasteiger partial charge in [-0.25, -0.2) is 4.39 Å². The molecule has 0 radical (unpaired) electrons. The maximum atomic E-state index is 14.0. The molecule has 1 aromatic heterocycles. The molecule has 0 unspecified atom stereocenters. The van der Waals surface area contributed by atoms with E-state index in [1.54, 1.807) is 24.3 Å². The minimum atomic E-state index is -0.421. The van der Waals surface area contributed by atoms with Gasteiger partial charge in [0.1, 0.15) is 11.5 Å². The number of H-pyrrole nitrogens is 1. The molecule has 3 rings (SSSR count). The van der Waals surface area contributed by atoms with Crippen molar-refractivity contribution >= 4 is 11.8 Å². The SMILES string of the molecule is CCNC(=O)[C@@H]1C[C@H](NC(=O)c2cc(C)[nH]n2)CN1Cc1ccccc1F. The first-order chi connectivity index (χ1) is 13.0. The number of benzene rings is 1. The molecule has 0 bridgehead atoms. The molecule has 2 amide bonds. The second-order valence-electron chi connectivity index (χ2n) is 6.77. The summed E-state index contributed by atoms with van der Waals surface area (Å²) >= 11 is 0. The van der Waals surface area contributed by atoms with Crippen LogP contribution in [0.15, 0.2) is 30.3 Å². The number of likely N-dealkylation sites (N-methyl/N-ethyl adjacent to an activating group) is 1. The molecular weight excluding hydrogens is 349 g/mol. The Balaban J connectivity index is 1.71. The zero-order valence-corrected chi connectivity index (χ0v) is 15.5.